The van der Waals surface area contributed by atoms with Crippen molar-refractivity contribution >= 4 is 5.97 Å². The standard InChI is InChI=1S/C11H21NO2/c1-8-6-5-7-11(12-3,9(8)2)10(13)14-4/h8-9,12H,5-7H2,1-4H3. The number of carbonyl (C=O) groups is 1. The van der Waals surface area contributed by atoms with Crippen molar-refractivity contribution in [3.63, 3.8) is 0 Å². The molecule has 1 saturated carbocycles. The highest BCUT2D eigenvalue weighted by Gasteiger charge is 2.47. The maximum atomic E-state index is 11.8. The summed E-state index contributed by atoms with van der Waals surface area (Å²) in [5.41, 5.74) is -0.452. The van der Waals surface area contributed by atoms with Gasteiger partial charge in [0.1, 0.15) is 5.54 Å². The van der Waals surface area contributed by atoms with Gasteiger partial charge in [-0.25, -0.2) is 0 Å². The average Bonchev–Trinajstić information content (AvgIpc) is 2.21. The van der Waals surface area contributed by atoms with E-state index in [2.05, 4.69) is 19.2 Å². The van der Waals surface area contributed by atoms with Crippen LogP contribution in [0.4, 0.5) is 0 Å². The van der Waals surface area contributed by atoms with E-state index in [-0.39, 0.29) is 5.97 Å². The van der Waals surface area contributed by atoms with Crippen LogP contribution in [0.3, 0.4) is 0 Å². The maximum absolute atomic E-state index is 11.8. The van der Waals surface area contributed by atoms with E-state index in [1.807, 2.05) is 7.05 Å². The summed E-state index contributed by atoms with van der Waals surface area (Å²) in [5, 5.41) is 3.17. The first-order valence-electron chi connectivity index (χ1n) is 5.36. The van der Waals surface area contributed by atoms with E-state index in [4.69, 9.17) is 4.74 Å². The number of likely N-dealkylation sites (N-methyl/N-ethyl adjacent to an activating group) is 1. The zero-order valence-electron chi connectivity index (χ0n) is 9.59. The molecule has 3 heteroatoms. The van der Waals surface area contributed by atoms with Gasteiger partial charge in [-0.2, -0.15) is 0 Å². The minimum atomic E-state index is -0.452. The number of esters is 1. The van der Waals surface area contributed by atoms with Crippen LogP contribution in [0.15, 0.2) is 0 Å². The third-order valence-electron chi connectivity index (χ3n) is 3.86. The lowest BCUT2D eigenvalue weighted by Gasteiger charge is -2.43. The van der Waals surface area contributed by atoms with Gasteiger partial charge >= 0.3 is 5.97 Å². The van der Waals surface area contributed by atoms with E-state index < -0.39 is 5.54 Å². The summed E-state index contributed by atoms with van der Waals surface area (Å²) in [5.74, 6) is 0.808. The summed E-state index contributed by atoms with van der Waals surface area (Å²) in [6.45, 7) is 4.34. The summed E-state index contributed by atoms with van der Waals surface area (Å²) >= 11 is 0. The molecular formula is C11H21NO2. The smallest absolute Gasteiger partial charge is 0.326 e. The van der Waals surface area contributed by atoms with Crippen LogP contribution in [0.2, 0.25) is 0 Å². The molecule has 0 bridgehead atoms. The summed E-state index contributed by atoms with van der Waals surface area (Å²) < 4.78 is 4.90. The zero-order chi connectivity index (χ0) is 10.8. The first-order valence-corrected chi connectivity index (χ1v) is 5.36. The Morgan fingerprint density at radius 2 is 2.14 bits per heavy atom. The van der Waals surface area contributed by atoms with Gasteiger partial charge in [0.15, 0.2) is 0 Å². The highest BCUT2D eigenvalue weighted by Crippen LogP contribution is 2.38. The van der Waals surface area contributed by atoms with Gasteiger partial charge in [-0.3, -0.25) is 4.79 Å². The van der Waals surface area contributed by atoms with Gasteiger partial charge in [-0.1, -0.05) is 26.7 Å². The molecule has 3 unspecified atom stereocenters. The molecule has 1 fully saturated rings. The van der Waals surface area contributed by atoms with E-state index in [0.29, 0.717) is 11.8 Å². The van der Waals surface area contributed by atoms with Crippen molar-refractivity contribution in [3.8, 4) is 0 Å². The van der Waals surface area contributed by atoms with Crippen molar-refractivity contribution in [2.24, 2.45) is 11.8 Å². The Morgan fingerprint density at radius 3 is 2.64 bits per heavy atom. The molecule has 3 nitrogen and oxygen atoms in total. The van der Waals surface area contributed by atoms with Crippen molar-refractivity contribution in [1.82, 2.24) is 5.32 Å². The minimum Gasteiger partial charge on any atom is -0.468 e. The summed E-state index contributed by atoms with van der Waals surface area (Å²) in [6, 6.07) is 0. The first-order chi connectivity index (χ1) is 6.58. The molecule has 0 radical (unpaired) electrons. The Hall–Kier alpha value is -0.570. The van der Waals surface area contributed by atoms with Crippen LogP contribution >= 0.6 is 0 Å². The highest BCUT2D eigenvalue weighted by molar-refractivity contribution is 5.81. The molecule has 0 spiro atoms. The lowest BCUT2D eigenvalue weighted by molar-refractivity contribution is -0.153. The molecule has 1 N–H and O–H groups in total. The molecule has 1 aliphatic carbocycles. The second kappa shape index (κ2) is 4.30. The van der Waals surface area contributed by atoms with Crippen LogP contribution in [0.1, 0.15) is 33.1 Å². The van der Waals surface area contributed by atoms with E-state index >= 15 is 0 Å². The molecule has 14 heavy (non-hydrogen) atoms. The molecule has 1 aliphatic rings. The second-order valence-electron chi connectivity index (χ2n) is 4.37. The van der Waals surface area contributed by atoms with Crippen LogP contribution in [0.5, 0.6) is 0 Å². The number of hydrogen-bond donors (Lipinski definition) is 1. The maximum Gasteiger partial charge on any atom is 0.326 e. The van der Waals surface area contributed by atoms with Crippen LogP contribution in [0.25, 0.3) is 0 Å². The molecule has 0 aromatic carbocycles. The van der Waals surface area contributed by atoms with Gasteiger partial charge in [-0.15, -0.1) is 0 Å². The number of hydrogen-bond acceptors (Lipinski definition) is 3. The normalized spacial score (nSPS) is 38.0. The van der Waals surface area contributed by atoms with Crippen molar-refractivity contribution in [3.05, 3.63) is 0 Å². The predicted molar refractivity (Wildman–Crippen MR) is 56.0 cm³/mol. The Morgan fingerprint density at radius 1 is 1.50 bits per heavy atom. The average molecular weight is 199 g/mol. The molecule has 0 heterocycles. The van der Waals surface area contributed by atoms with Crippen LogP contribution in [-0.2, 0) is 9.53 Å². The Labute approximate surface area is 86.2 Å². The third-order valence-corrected chi connectivity index (χ3v) is 3.86. The number of ether oxygens (including phenoxy) is 1. The molecule has 0 aliphatic heterocycles. The predicted octanol–water partition coefficient (Wildman–Crippen LogP) is 1.57. The van der Waals surface area contributed by atoms with Crippen molar-refractivity contribution in [1.29, 1.82) is 0 Å². The third kappa shape index (κ3) is 1.65. The SMILES string of the molecule is CNC1(C(=O)OC)CCCC(C)C1C. The number of carbonyl (C=O) groups excluding carboxylic acids is 1. The monoisotopic (exact) mass is 199 g/mol. The Bertz CT molecular complexity index is 217. The molecule has 82 valence electrons. The molecule has 0 aromatic rings. The summed E-state index contributed by atoms with van der Waals surface area (Å²) in [4.78, 5) is 11.8. The zero-order valence-corrected chi connectivity index (χ0v) is 9.59. The summed E-state index contributed by atoms with van der Waals surface area (Å²) in [7, 11) is 3.32. The van der Waals surface area contributed by atoms with Gasteiger partial charge in [0.2, 0.25) is 0 Å². The Kier molecular flexibility index (Phi) is 3.53. The number of methoxy groups -OCH3 is 1. The Balaban J connectivity index is 2.90. The molecule has 0 amide bonds. The first kappa shape index (κ1) is 11.5. The minimum absolute atomic E-state index is 0.112. The quantitative estimate of drug-likeness (QED) is 0.686. The van der Waals surface area contributed by atoms with Gasteiger partial charge in [0.05, 0.1) is 7.11 Å². The van der Waals surface area contributed by atoms with Crippen molar-refractivity contribution in [2.45, 2.75) is 38.6 Å². The summed E-state index contributed by atoms with van der Waals surface area (Å²) in [6.07, 6.45) is 3.20. The molecule has 1 rings (SSSR count). The lowest BCUT2D eigenvalue weighted by Crippen LogP contribution is -2.59. The fraction of sp³-hybridized carbons (Fsp3) is 0.909. The highest BCUT2D eigenvalue weighted by atomic mass is 16.5. The van der Waals surface area contributed by atoms with Crippen molar-refractivity contribution < 1.29 is 9.53 Å². The van der Waals surface area contributed by atoms with Crippen LogP contribution in [0, 0.1) is 11.8 Å². The van der Waals surface area contributed by atoms with E-state index in [0.717, 1.165) is 12.8 Å². The topological polar surface area (TPSA) is 38.3 Å². The lowest BCUT2D eigenvalue weighted by atomic mass is 9.68. The fourth-order valence-electron chi connectivity index (χ4n) is 2.59. The van der Waals surface area contributed by atoms with E-state index in [1.165, 1.54) is 13.5 Å². The van der Waals surface area contributed by atoms with Crippen LogP contribution in [-0.4, -0.2) is 25.7 Å². The molecular weight excluding hydrogens is 178 g/mol. The van der Waals surface area contributed by atoms with Gasteiger partial charge in [0, 0.05) is 0 Å². The van der Waals surface area contributed by atoms with E-state index in [9.17, 15) is 4.79 Å². The molecule has 0 saturated heterocycles. The largest absolute Gasteiger partial charge is 0.468 e. The van der Waals surface area contributed by atoms with Crippen LogP contribution < -0.4 is 5.32 Å². The van der Waals surface area contributed by atoms with Crippen molar-refractivity contribution in [2.75, 3.05) is 14.2 Å². The van der Waals surface area contributed by atoms with Gasteiger partial charge < -0.3 is 10.1 Å². The molecule has 3 atom stereocenters. The number of rotatable bonds is 2. The van der Waals surface area contributed by atoms with Gasteiger partial charge in [0.25, 0.3) is 0 Å². The van der Waals surface area contributed by atoms with Gasteiger partial charge in [-0.05, 0) is 25.3 Å². The fourth-order valence-corrected chi connectivity index (χ4v) is 2.59. The van der Waals surface area contributed by atoms with E-state index in [1.54, 1.807) is 0 Å². The number of nitrogens with one attached hydrogen (secondary N) is 1. The second-order valence-corrected chi connectivity index (χ2v) is 4.37. The molecule has 0 aromatic heterocycles.